The normalized spacial score (nSPS) is 13.4. The Morgan fingerprint density at radius 3 is 2.00 bits per heavy atom. The number of hydrogen-bond acceptors (Lipinski definition) is 4. The molecule has 1 atom stereocenters. The summed E-state index contributed by atoms with van der Waals surface area (Å²) in [4.78, 5) is 12.0. The molecule has 1 aromatic rings. The van der Waals surface area contributed by atoms with E-state index in [9.17, 15) is 13.2 Å². The van der Waals surface area contributed by atoms with Gasteiger partial charge in [0.15, 0.2) is 0 Å². The summed E-state index contributed by atoms with van der Waals surface area (Å²) < 4.78 is 24.6. The van der Waals surface area contributed by atoms with Crippen LogP contribution in [-0.4, -0.2) is 32.2 Å². The fraction of sp³-hybridized carbons (Fsp3) is 0.500. The molecule has 0 radical (unpaired) electrons. The van der Waals surface area contributed by atoms with E-state index in [1.807, 2.05) is 20.8 Å². The summed E-state index contributed by atoms with van der Waals surface area (Å²) in [7, 11) is -3.28. The van der Waals surface area contributed by atoms with Crippen LogP contribution in [0.25, 0.3) is 0 Å². The lowest BCUT2D eigenvalue weighted by Crippen LogP contribution is -2.47. The molecule has 0 spiro atoms. The Balaban J connectivity index is 2.65. The van der Waals surface area contributed by atoms with E-state index in [0.717, 1.165) is 11.9 Å². The third kappa shape index (κ3) is 6.99. The second-order valence-corrected chi connectivity index (χ2v) is 7.81. The topological polar surface area (TPSA) is 87.3 Å². The first-order chi connectivity index (χ1) is 9.46. The molecule has 0 unspecified atom stereocenters. The number of carbonyl (C=O) groups is 1. The molecule has 0 saturated heterocycles. The Morgan fingerprint density at radius 2 is 1.57 bits per heavy atom. The fourth-order valence-electron chi connectivity index (χ4n) is 1.64. The maximum atomic E-state index is 12.0. The van der Waals surface area contributed by atoms with Crippen molar-refractivity contribution in [2.75, 3.05) is 16.3 Å². The molecule has 3 N–H and O–H groups in total. The van der Waals surface area contributed by atoms with Gasteiger partial charge in [-0.2, -0.15) is 0 Å². The van der Waals surface area contributed by atoms with Crippen molar-refractivity contribution in [1.29, 1.82) is 0 Å². The smallest absolute Gasteiger partial charge is 0.242 e. The molecule has 0 bridgehead atoms. The summed E-state index contributed by atoms with van der Waals surface area (Å²) in [6, 6.07) is 6.32. The van der Waals surface area contributed by atoms with E-state index in [2.05, 4.69) is 15.4 Å². The maximum absolute atomic E-state index is 12.0. The predicted molar refractivity (Wildman–Crippen MR) is 85.9 cm³/mol. The molecule has 0 aliphatic carbocycles. The predicted octanol–water partition coefficient (Wildman–Crippen LogP) is 1.77. The van der Waals surface area contributed by atoms with E-state index in [0.29, 0.717) is 5.69 Å². The van der Waals surface area contributed by atoms with Gasteiger partial charge in [0, 0.05) is 16.9 Å². The zero-order valence-electron chi connectivity index (χ0n) is 13.0. The summed E-state index contributed by atoms with van der Waals surface area (Å²) in [6.45, 7) is 7.53. The Labute approximate surface area is 126 Å². The van der Waals surface area contributed by atoms with E-state index in [4.69, 9.17) is 0 Å². The number of amides is 1. The minimum absolute atomic E-state index is 0.0964. The lowest BCUT2D eigenvalue weighted by atomic mass is 10.1. The highest BCUT2D eigenvalue weighted by atomic mass is 32.2. The second kappa shape index (κ2) is 6.34. The number of carbonyl (C=O) groups excluding carboxylic acids is 1. The van der Waals surface area contributed by atoms with Gasteiger partial charge < -0.3 is 10.6 Å². The molecule has 0 fully saturated rings. The molecule has 0 aromatic heterocycles. The number of sulfonamides is 1. The van der Waals surface area contributed by atoms with Gasteiger partial charge in [0.2, 0.25) is 15.9 Å². The number of anilines is 2. The van der Waals surface area contributed by atoms with E-state index < -0.39 is 16.1 Å². The van der Waals surface area contributed by atoms with Crippen molar-refractivity contribution in [3.63, 3.8) is 0 Å². The third-order valence-corrected chi connectivity index (χ3v) is 3.07. The van der Waals surface area contributed by atoms with Crippen LogP contribution < -0.4 is 15.4 Å². The molecule has 1 amide bonds. The molecule has 6 nitrogen and oxygen atoms in total. The van der Waals surface area contributed by atoms with Gasteiger partial charge in [0.05, 0.1) is 6.26 Å². The average Bonchev–Trinajstić information content (AvgIpc) is 2.27. The van der Waals surface area contributed by atoms with Crippen molar-refractivity contribution in [2.24, 2.45) is 0 Å². The van der Waals surface area contributed by atoms with Crippen LogP contribution in [0.3, 0.4) is 0 Å². The van der Waals surface area contributed by atoms with Crippen LogP contribution in [0.1, 0.15) is 27.7 Å². The standard InChI is InChI=1S/C14H23N3O3S/c1-10(13(18)16-14(2,3)4)15-11-6-8-12(9-7-11)17-21(5,19)20/h6-10,15,17H,1-5H3,(H,16,18)/t10-/m1/s1. The van der Waals surface area contributed by atoms with Crippen LogP contribution in [0.5, 0.6) is 0 Å². The summed E-state index contributed by atoms with van der Waals surface area (Å²) in [5, 5.41) is 5.95. The number of hydrogen-bond donors (Lipinski definition) is 3. The Kier molecular flexibility index (Phi) is 5.22. The summed E-state index contributed by atoms with van der Waals surface area (Å²) in [5.74, 6) is -0.0964. The monoisotopic (exact) mass is 313 g/mol. The van der Waals surface area contributed by atoms with Gasteiger partial charge in [-0.1, -0.05) is 0 Å². The molecule has 21 heavy (non-hydrogen) atoms. The summed E-state index contributed by atoms with van der Waals surface area (Å²) in [5.41, 5.74) is 0.941. The van der Waals surface area contributed by atoms with Crippen molar-refractivity contribution in [2.45, 2.75) is 39.3 Å². The highest BCUT2D eigenvalue weighted by Gasteiger charge is 2.18. The molecule has 1 aromatic carbocycles. The molecule has 1 rings (SSSR count). The summed E-state index contributed by atoms with van der Waals surface area (Å²) in [6.07, 6.45) is 1.10. The molecular formula is C14H23N3O3S. The average molecular weight is 313 g/mol. The van der Waals surface area contributed by atoms with Crippen LogP contribution in [0, 0.1) is 0 Å². The molecule has 0 aliphatic rings. The van der Waals surface area contributed by atoms with Crippen LogP contribution in [0.15, 0.2) is 24.3 Å². The highest BCUT2D eigenvalue weighted by molar-refractivity contribution is 7.92. The Morgan fingerprint density at radius 1 is 1.10 bits per heavy atom. The quantitative estimate of drug-likeness (QED) is 0.773. The van der Waals surface area contributed by atoms with Crippen LogP contribution >= 0.6 is 0 Å². The van der Waals surface area contributed by atoms with Gasteiger partial charge in [-0.15, -0.1) is 0 Å². The van der Waals surface area contributed by atoms with E-state index in [-0.39, 0.29) is 11.4 Å². The molecular weight excluding hydrogens is 290 g/mol. The SMILES string of the molecule is C[C@@H](Nc1ccc(NS(C)(=O)=O)cc1)C(=O)NC(C)(C)C. The van der Waals surface area contributed by atoms with Gasteiger partial charge in [-0.05, 0) is 52.0 Å². The van der Waals surface area contributed by atoms with Crippen LogP contribution in [-0.2, 0) is 14.8 Å². The van der Waals surface area contributed by atoms with Crippen molar-refractivity contribution in [3.05, 3.63) is 24.3 Å². The molecule has 7 heteroatoms. The molecule has 0 heterocycles. The van der Waals surface area contributed by atoms with E-state index in [1.165, 1.54) is 0 Å². The molecule has 0 saturated carbocycles. The fourth-order valence-corrected chi connectivity index (χ4v) is 2.21. The Bertz CT molecular complexity index is 589. The number of rotatable bonds is 5. The largest absolute Gasteiger partial charge is 0.374 e. The lowest BCUT2D eigenvalue weighted by Gasteiger charge is -2.24. The van der Waals surface area contributed by atoms with Crippen molar-refractivity contribution in [3.8, 4) is 0 Å². The zero-order chi connectivity index (χ0) is 16.3. The van der Waals surface area contributed by atoms with Gasteiger partial charge in [-0.25, -0.2) is 8.42 Å². The van der Waals surface area contributed by atoms with E-state index >= 15 is 0 Å². The molecule has 0 aliphatic heterocycles. The van der Waals surface area contributed by atoms with E-state index in [1.54, 1.807) is 31.2 Å². The first kappa shape index (κ1) is 17.3. The Hall–Kier alpha value is -1.76. The second-order valence-electron chi connectivity index (χ2n) is 6.06. The van der Waals surface area contributed by atoms with Crippen molar-refractivity contribution < 1.29 is 13.2 Å². The summed E-state index contributed by atoms with van der Waals surface area (Å²) >= 11 is 0. The lowest BCUT2D eigenvalue weighted by molar-refractivity contribution is -0.122. The first-order valence-electron chi connectivity index (χ1n) is 6.63. The maximum Gasteiger partial charge on any atom is 0.242 e. The zero-order valence-corrected chi connectivity index (χ0v) is 13.8. The molecule has 118 valence electrons. The van der Waals surface area contributed by atoms with Gasteiger partial charge in [0.25, 0.3) is 0 Å². The van der Waals surface area contributed by atoms with Gasteiger partial charge in [0.1, 0.15) is 6.04 Å². The van der Waals surface area contributed by atoms with Crippen LogP contribution in [0.4, 0.5) is 11.4 Å². The highest BCUT2D eigenvalue weighted by Crippen LogP contribution is 2.15. The van der Waals surface area contributed by atoms with Crippen molar-refractivity contribution >= 4 is 27.3 Å². The van der Waals surface area contributed by atoms with Gasteiger partial charge in [-0.3, -0.25) is 9.52 Å². The number of nitrogens with one attached hydrogen (secondary N) is 3. The minimum Gasteiger partial charge on any atom is -0.374 e. The minimum atomic E-state index is -3.28. The van der Waals surface area contributed by atoms with Crippen LogP contribution in [0.2, 0.25) is 0 Å². The number of benzene rings is 1. The third-order valence-electron chi connectivity index (χ3n) is 2.46. The van der Waals surface area contributed by atoms with Gasteiger partial charge >= 0.3 is 0 Å². The van der Waals surface area contributed by atoms with Crippen molar-refractivity contribution in [1.82, 2.24) is 5.32 Å². The first-order valence-corrected chi connectivity index (χ1v) is 8.52.